The van der Waals surface area contributed by atoms with Gasteiger partial charge in [0, 0.05) is 0 Å². The standard InChI is InChI=1S/C23H18FN3O2/c1-16(18-6-10-21(24)11-7-18)26-27-23(28)15-29-22-12-8-20(9-13-22)19-4-2-17(14-25)3-5-19/h2-13H,15H2,1H3,(H,27,28)/b26-16-. The monoisotopic (exact) mass is 387 g/mol. The molecule has 0 aliphatic carbocycles. The van der Waals surface area contributed by atoms with Crippen molar-refractivity contribution in [2.75, 3.05) is 6.61 Å². The molecule has 0 bridgehead atoms. The van der Waals surface area contributed by atoms with Crippen LogP contribution >= 0.6 is 0 Å². The smallest absolute Gasteiger partial charge is 0.277 e. The van der Waals surface area contributed by atoms with Crippen LogP contribution in [-0.2, 0) is 4.79 Å². The summed E-state index contributed by atoms with van der Waals surface area (Å²) in [5, 5.41) is 12.9. The van der Waals surface area contributed by atoms with Crippen LogP contribution < -0.4 is 10.2 Å². The molecule has 5 nitrogen and oxygen atoms in total. The molecule has 0 atom stereocenters. The second-order valence-electron chi connectivity index (χ2n) is 6.24. The summed E-state index contributed by atoms with van der Waals surface area (Å²) in [5.74, 6) is -0.177. The van der Waals surface area contributed by atoms with Crippen LogP contribution in [0, 0.1) is 17.1 Å². The Morgan fingerprint density at radius 1 is 1.00 bits per heavy atom. The molecule has 0 heterocycles. The number of carbonyl (C=O) groups excluding carboxylic acids is 1. The third kappa shape index (κ3) is 5.50. The molecule has 3 aromatic carbocycles. The van der Waals surface area contributed by atoms with Crippen LogP contribution in [0.2, 0.25) is 0 Å². The third-order valence-corrected chi connectivity index (χ3v) is 4.18. The lowest BCUT2D eigenvalue weighted by Gasteiger charge is -2.07. The summed E-state index contributed by atoms with van der Waals surface area (Å²) in [6.45, 7) is 1.53. The summed E-state index contributed by atoms with van der Waals surface area (Å²) in [6.07, 6.45) is 0. The van der Waals surface area contributed by atoms with Crippen LogP contribution in [0.3, 0.4) is 0 Å². The highest BCUT2D eigenvalue weighted by Gasteiger charge is 2.04. The van der Waals surface area contributed by atoms with Crippen molar-refractivity contribution < 1.29 is 13.9 Å². The van der Waals surface area contributed by atoms with Crippen molar-refractivity contribution in [1.29, 1.82) is 5.26 Å². The van der Waals surface area contributed by atoms with E-state index in [-0.39, 0.29) is 12.4 Å². The van der Waals surface area contributed by atoms with Gasteiger partial charge in [-0.1, -0.05) is 36.4 Å². The summed E-state index contributed by atoms with van der Waals surface area (Å²) in [7, 11) is 0. The Morgan fingerprint density at radius 2 is 1.59 bits per heavy atom. The number of hydrogen-bond acceptors (Lipinski definition) is 4. The topological polar surface area (TPSA) is 74.5 Å². The van der Waals surface area contributed by atoms with E-state index in [0.29, 0.717) is 22.6 Å². The van der Waals surface area contributed by atoms with E-state index < -0.39 is 5.91 Å². The average Bonchev–Trinajstić information content (AvgIpc) is 2.77. The van der Waals surface area contributed by atoms with Crippen LogP contribution in [0.1, 0.15) is 18.1 Å². The highest BCUT2D eigenvalue weighted by atomic mass is 19.1. The number of nitrogens with zero attached hydrogens (tertiary/aromatic N) is 2. The number of nitrogens with one attached hydrogen (secondary N) is 1. The molecule has 29 heavy (non-hydrogen) atoms. The Hall–Kier alpha value is -3.98. The zero-order valence-electron chi connectivity index (χ0n) is 15.7. The van der Waals surface area contributed by atoms with Crippen LogP contribution in [0.5, 0.6) is 5.75 Å². The molecule has 3 rings (SSSR count). The number of hydrogen-bond donors (Lipinski definition) is 1. The molecule has 144 valence electrons. The minimum atomic E-state index is -0.400. The van der Waals surface area contributed by atoms with Gasteiger partial charge in [-0.2, -0.15) is 10.4 Å². The summed E-state index contributed by atoms with van der Waals surface area (Å²) in [4.78, 5) is 11.9. The number of ether oxygens (including phenoxy) is 1. The summed E-state index contributed by atoms with van der Waals surface area (Å²) < 4.78 is 18.4. The van der Waals surface area contributed by atoms with E-state index in [4.69, 9.17) is 10.00 Å². The minimum Gasteiger partial charge on any atom is -0.484 e. The first kappa shape index (κ1) is 19.8. The van der Waals surface area contributed by atoms with E-state index in [1.165, 1.54) is 12.1 Å². The molecule has 0 fully saturated rings. The van der Waals surface area contributed by atoms with Crippen molar-refractivity contribution in [2.24, 2.45) is 5.10 Å². The van der Waals surface area contributed by atoms with Crippen molar-refractivity contribution in [3.8, 4) is 22.9 Å². The molecule has 0 saturated heterocycles. The predicted molar refractivity (Wildman–Crippen MR) is 109 cm³/mol. The normalized spacial score (nSPS) is 10.9. The third-order valence-electron chi connectivity index (χ3n) is 4.18. The van der Waals surface area contributed by atoms with Gasteiger partial charge in [-0.05, 0) is 60.0 Å². The Kier molecular flexibility index (Phi) is 6.33. The molecular weight excluding hydrogens is 369 g/mol. The fourth-order valence-corrected chi connectivity index (χ4v) is 2.56. The van der Waals surface area contributed by atoms with Crippen molar-refractivity contribution in [1.82, 2.24) is 5.43 Å². The van der Waals surface area contributed by atoms with Crippen LogP contribution in [-0.4, -0.2) is 18.2 Å². The highest BCUT2D eigenvalue weighted by molar-refractivity contribution is 5.99. The number of amides is 1. The molecule has 0 aliphatic rings. The molecule has 0 radical (unpaired) electrons. The van der Waals surface area contributed by atoms with Crippen molar-refractivity contribution >= 4 is 11.6 Å². The second-order valence-corrected chi connectivity index (χ2v) is 6.24. The largest absolute Gasteiger partial charge is 0.484 e. The summed E-state index contributed by atoms with van der Waals surface area (Å²) in [5.41, 5.74) is 6.26. The van der Waals surface area contributed by atoms with E-state index in [9.17, 15) is 9.18 Å². The van der Waals surface area contributed by atoms with Crippen LogP contribution in [0.15, 0.2) is 77.9 Å². The molecule has 0 aliphatic heterocycles. The SMILES string of the molecule is C/C(=N/NC(=O)COc1ccc(-c2ccc(C#N)cc2)cc1)c1ccc(F)cc1. The van der Waals surface area contributed by atoms with Gasteiger partial charge < -0.3 is 4.74 Å². The summed E-state index contributed by atoms with van der Waals surface area (Å²) in [6, 6.07) is 22.5. The Bertz CT molecular complexity index is 1050. The summed E-state index contributed by atoms with van der Waals surface area (Å²) >= 11 is 0. The second kappa shape index (κ2) is 9.29. The van der Waals surface area contributed by atoms with Gasteiger partial charge in [-0.25, -0.2) is 9.82 Å². The molecule has 3 aromatic rings. The van der Waals surface area contributed by atoms with Crippen molar-refractivity contribution in [2.45, 2.75) is 6.92 Å². The van der Waals surface area contributed by atoms with Gasteiger partial charge >= 0.3 is 0 Å². The number of nitriles is 1. The van der Waals surface area contributed by atoms with E-state index in [1.807, 2.05) is 24.3 Å². The Labute approximate surface area is 168 Å². The van der Waals surface area contributed by atoms with E-state index in [1.54, 1.807) is 43.3 Å². The van der Waals surface area contributed by atoms with Gasteiger partial charge in [0.25, 0.3) is 5.91 Å². The van der Waals surface area contributed by atoms with Gasteiger partial charge in [-0.3, -0.25) is 4.79 Å². The van der Waals surface area contributed by atoms with E-state index in [0.717, 1.165) is 11.1 Å². The maximum atomic E-state index is 12.9. The van der Waals surface area contributed by atoms with Gasteiger partial charge in [-0.15, -0.1) is 0 Å². The quantitative estimate of drug-likeness (QED) is 0.507. The lowest BCUT2D eigenvalue weighted by Crippen LogP contribution is -2.25. The molecule has 1 N–H and O–H groups in total. The molecule has 1 amide bonds. The highest BCUT2D eigenvalue weighted by Crippen LogP contribution is 2.22. The Morgan fingerprint density at radius 3 is 2.17 bits per heavy atom. The Balaban J connectivity index is 1.52. The number of halogens is 1. The maximum Gasteiger partial charge on any atom is 0.277 e. The van der Waals surface area contributed by atoms with Crippen molar-refractivity contribution in [3.63, 3.8) is 0 Å². The number of carbonyl (C=O) groups is 1. The number of hydrazone groups is 1. The first-order valence-electron chi connectivity index (χ1n) is 8.87. The molecule has 0 spiro atoms. The number of rotatable bonds is 6. The molecule has 0 saturated carbocycles. The first-order valence-corrected chi connectivity index (χ1v) is 8.87. The minimum absolute atomic E-state index is 0.184. The van der Waals surface area contributed by atoms with Crippen LogP contribution in [0.25, 0.3) is 11.1 Å². The van der Waals surface area contributed by atoms with Crippen LogP contribution in [0.4, 0.5) is 4.39 Å². The lowest BCUT2D eigenvalue weighted by atomic mass is 10.0. The van der Waals surface area contributed by atoms with Gasteiger partial charge in [0.2, 0.25) is 0 Å². The van der Waals surface area contributed by atoms with Crippen molar-refractivity contribution in [3.05, 3.63) is 89.7 Å². The zero-order chi connectivity index (χ0) is 20.6. The fraction of sp³-hybridized carbons (Fsp3) is 0.0870. The molecular formula is C23H18FN3O2. The van der Waals surface area contributed by atoms with Gasteiger partial charge in [0.15, 0.2) is 6.61 Å². The number of benzene rings is 3. The lowest BCUT2D eigenvalue weighted by molar-refractivity contribution is -0.123. The molecule has 6 heteroatoms. The maximum absolute atomic E-state index is 12.9. The predicted octanol–water partition coefficient (Wildman–Crippen LogP) is 4.28. The average molecular weight is 387 g/mol. The van der Waals surface area contributed by atoms with Gasteiger partial charge in [0.05, 0.1) is 17.3 Å². The molecule has 0 aromatic heterocycles. The first-order chi connectivity index (χ1) is 14.0. The zero-order valence-corrected chi connectivity index (χ0v) is 15.7. The van der Waals surface area contributed by atoms with Gasteiger partial charge in [0.1, 0.15) is 11.6 Å². The fourth-order valence-electron chi connectivity index (χ4n) is 2.56. The van der Waals surface area contributed by atoms with E-state index >= 15 is 0 Å². The van der Waals surface area contributed by atoms with E-state index in [2.05, 4.69) is 16.6 Å². The molecule has 0 unspecified atom stereocenters.